The average molecular weight is 195 g/mol. The first-order chi connectivity index (χ1) is 6.47. The van der Waals surface area contributed by atoms with Crippen molar-refractivity contribution in [3.63, 3.8) is 0 Å². The Morgan fingerprint density at radius 2 is 2.14 bits per heavy atom. The van der Waals surface area contributed by atoms with Gasteiger partial charge < -0.3 is 10.1 Å². The van der Waals surface area contributed by atoms with E-state index in [4.69, 9.17) is 4.74 Å². The van der Waals surface area contributed by atoms with Crippen molar-refractivity contribution < 1.29 is 9.53 Å². The third-order valence-electron chi connectivity index (χ3n) is 5.30. The molecule has 2 bridgehead atoms. The number of carbonyl (C=O) groups excluding carboxylic acids is 1. The number of fused-ring (bicyclic) bond motifs is 5. The molecule has 2 saturated carbocycles. The van der Waals surface area contributed by atoms with Gasteiger partial charge in [0.25, 0.3) is 0 Å². The zero-order valence-corrected chi connectivity index (χ0v) is 8.96. The van der Waals surface area contributed by atoms with Crippen molar-refractivity contribution in [3.8, 4) is 0 Å². The number of alkyl carbamates (subject to hydrolysis) is 1. The van der Waals surface area contributed by atoms with Gasteiger partial charge in [0.05, 0.1) is 6.04 Å². The summed E-state index contributed by atoms with van der Waals surface area (Å²) in [4.78, 5) is 11.2. The first-order valence-electron chi connectivity index (χ1n) is 5.44. The minimum absolute atomic E-state index is 0.135. The molecule has 0 spiro atoms. The van der Waals surface area contributed by atoms with Crippen LogP contribution in [0.15, 0.2) is 0 Å². The highest BCUT2D eigenvalue weighted by molar-refractivity contribution is 5.71. The van der Waals surface area contributed by atoms with Crippen molar-refractivity contribution in [2.45, 2.75) is 45.8 Å². The monoisotopic (exact) mass is 195 g/mol. The van der Waals surface area contributed by atoms with Gasteiger partial charge in [0.1, 0.15) is 6.10 Å². The van der Waals surface area contributed by atoms with E-state index in [9.17, 15) is 4.79 Å². The average Bonchev–Trinajstić information content (AvgIpc) is 2.59. The molecule has 4 atom stereocenters. The topological polar surface area (TPSA) is 38.3 Å². The quantitative estimate of drug-likeness (QED) is 0.641. The molecular weight excluding hydrogens is 178 g/mol. The lowest BCUT2D eigenvalue weighted by molar-refractivity contribution is 0.0838. The molecule has 3 heteroatoms. The van der Waals surface area contributed by atoms with Crippen LogP contribution in [0.25, 0.3) is 0 Å². The summed E-state index contributed by atoms with van der Waals surface area (Å²) in [7, 11) is 0. The molecule has 1 unspecified atom stereocenters. The van der Waals surface area contributed by atoms with Gasteiger partial charge in [-0.3, -0.25) is 0 Å². The molecular formula is C11H17NO2. The van der Waals surface area contributed by atoms with Crippen molar-refractivity contribution in [1.82, 2.24) is 5.32 Å². The van der Waals surface area contributed by atoms with Crippen molar-refractivity contribution in [1.29, 1.82) is 0 Å². The highest BCUT2D eigenvalue weighted by Gasteiger charge is 2.69. The van der Waals surface area contributed by atoms with E-state index in [1.807, 2.05) is 0 Å². The Morgan fingerprint density at radius 3 is 2.79 bits per heavy atom. The van der Waals surface area contributed by atoms with Crippen molar-refractivity contribution in [2.24, 2.45) is 16.7 Å². The van der Waals surface area contributed by atoms with E-state index in [0.29, 0.717) is 11.3 Å². The minimum atomic E-state index is -0.214. The molecule has 3 fully saturated rings. The van der Waals surface area contributed by atoms with Crippen LogP contribution in [0, 0.1) is 16.7 Å². The largest absolute Gasteiger partial charge is 0.444 e. The van der Waals surface area contributed by atoms with Crippen molar-refractivity contribution >= 4 is 6.09 Å². The van der Waals surface area contributed by atoms with Crippen LogP contribution in [0.3, 0.4) is 0 Å². The predicted octanol–water partition coefficient (Wildman–Crippen LogP) is 1.92. The Balaban J connectivity index is 2.06. The lowest BCUT2D eigenvalue weighted by Gasteiger charge is -2.37. The van der Waals surface area contributed by atoms with Gasteiger partial charge in [0.2, 0.25) is 0 Å². The van der Waals surface area contributed by atoms with E-state index in [2.05, 4.69) is 26.1 Å². The molecule has 1 heterocycles. The number of ether oxygens (including phenoxy) is 1. The van der Waals surface area contributed by atoms with Crippen LogP contribution in [0.1, 0.15) is 33.6 Å². The number of hydrogen-bond donors (Lipinski definition) is 1. The Bertz CT molecular complexity index is 312. The normalized spacial score (nSPS) is 52.8. The lowest BCUT2D eigenvalue weighted by atomic mass is 9.69. The van der Waals surface area contributed by atoms with Crippen LogP contribution in [0.4, 0.5) is 4.79 Å². The molecule has 1 saturated heterocycles. The molecule has 1 amide bonds. The highest BCUT2D eigenvalue weighted by atomic mass is 16.6. The number of amides is 1. The lowest BCUT2D eigenvalue weighted by Crippen LogP contribution is -2.45. The van der Waals surface area contributed by atoms with Gasteiger partial charge in [-0.05, 0) is 23.7 Å². The summed E-state index contributed by atoms with van der Waals surface area (Å²) in [5, 5.41) is 2.98. The standard InChI is InChI=1S/C11H17NO2/c1-10(2)6-4-5-11(10,3)8-7(6)14-9(13)12-8/h6-8H,4-5H2,1-3H3,(H,12,13)/t6?,7-,8-,11+/m1/s1. The molecule has 1 aliphatic heterocycles. The highest BCUT2D eigenvalue weighted by Crippen LogP contribution is 2.66. The minimum Gasteiger partial charge on any atom is -0.444 e. The van der Waals surface area contributed by atoms with Gasteiger partial charge in [-0.2, -0.15) is 0 Å². The zero-order chi connectivity index (χ0) is 10.1. The predicted molar refractivity (Wildman–Crippen MR) is 51.8 cm³/mol. The van der Waals surface area contributed by atoms with Crippen LogP contribution >= 0.6 is 0 Å². The zero-order valence-electron chi connectivity index (χ0n) is 8.96. The first kappa shape index (κ1) is 8.57. The molecule has 3 aliphatic rings. The summed E-state index contributed by atoms with van der Waals surface area (Å²) >= 11 is 0. The molecule has 0 aromatic rings. The maximum Gasteiger partial charge on any atom is 0.407 e. The van der Waals surface area contributed by atoms with Crippen molar-refractivity contribution in [2.75, 3.05) is 0 Å². The SMILES string of the molecule is CC1(C)C2CC[C@@]1(C)[C@@H]1NC(=O)O[C@H]21. The fourth-order valence-corrected chi connectivity index (χ4v) is 3.96. The van der Waals surface area contributed by atoms with Gasteiger partial charge in [0, 0.05) is 5.92 Å². The van der Waals surface area contributed by atoms with Crippen LogP contribution in [0.2, 0.25) is 0 Å². The Kier molecular flexibility index (Phi) is 1.28. The molecule has 1 N–H and O–H groups in total. The third-order valence-corrected chi connectivity index (χ3v) is 5.30. The fourth-order valence-electron chi connectivity index (χ4n) is 3.96. The first-order valence-corrected chi connectivity index (χ1v) is 5.44. The van der Waals surface area contributed by atoms with Crippen LogP contribution in [0.5, 0.6) is 0 Å². The number of rotatable bonds is 0. The van der Waals surface area contributed by atoms with Crippen LogP contribution in [-0.2, 0) is 4.74 Å². The third kappa shape index (κ3) is 0.665. The van der Waals surface area contributed by atoms with Gasteiger partial charge in [-0.1, -0.05) is 20.8 Å². The smallest absolute Gasteiger partial charge is 0.407 e. The molecule has 14 heavy (non-hydrogen) atoms. The maximum atomic E-state index is 11.2. The summed E-state index contributed by atoms with van der Waals surface area (Å²) in [6, 6.07) is 0.253. The molecule has 0 aromatic carbocycles. The van der Waals surface area contributed by atoms with Crippen LogP contribution < -0.4 is 5.32 Å². The van der Waals surface area contributed by atoms with E-state index in [1.54, 1.807) is 0 Å². The molecule has 2 aliphatic carbocycles. The Hall–Kier alpha value is -0.730. The second-order valence-electron chi connectivity index (χ2n) is 5.78. The molecule has 3 rings (SSSR count). The van der Waals surface area contributed by atoms with E-state index in [1.165, 1.54) is 12.8 Å². The van der Waals surface area contributed by atoms with E-state index >= 15 is 0 Å². The Labute approximate surface area is 84.2 Å². The van der Waals surface area contributed by atoms with Gasteiger partial charge in [-0.25, -0.2) is 4.79 Å². The molecule has 0 radical (unpaired) electrons. The van der Waals surface area contributed by atoms with Gasteiger partial charge >= 0.3 is 6.09 Å². The summed E-state index contributed by atoms with van der Waals surface area (Å²) < 4.78 is 5.37. The summed E-state index contributed by atoms with van der Waals surface area (Å²) in [6.07, 6.45) is 2.35. The molecule has 78 valence electrons. The second kappa shape index (κ2) is 2.10. The molecule has 3 nitrogen and oxygen atoms in total. The number of carbonyl (C=O) groups is 1. The summed E-state index contributed by atoms with van der Waals surface area (Å²) in [5.74, 6) is 0.552. The van der Waals surface area contributed by atoms with E-state index in [-0.39, 0.29) is 23.7 Å². The van der Waals surface area contributed by atoms with Gasteiger partial charge in [0.15, 0.2) is 0 Å². The molecule has 0 aromatic heterocycles. The number of hydrogen-bond acceptors (Lipinski definition) is 2. The number of nitrogens with one attached hydrogen (secondary N) is 1. The fraction of sp³-hybridized carbons (Fsp3) is 0.909. The van der Waals surface area contributed by atoms with Gasteiger partial charge in [-0.15, -0.1) is 0 Å². The Morgan fingerprint density at radius 1 is 1.43 bits per heavy atom. The van der Waals surface area contributed by atoms with E-state index < -0.39 is 0 Å². The summed E-state index contributed by atoms with van der Waals surface area (Å²) in [6.45, 7) is 6.93. The maximum absolute atomic E-state index is 11.2. The van der Waals surface area contributed by atoms with Crippen LogP contribution in [-0.4, -0.2) is 18.2 Å². The second-order valence-corrected chi connectivity index (χ2v) is 5.78. The summed E-state index contributed by atoms with van der Waals surface area (Å²) in [5.41, 5.74) is 0.532. The van der Waals surface area contributed by atoms with Crippen molar-refractivity contribution in [3.05, 3.63) is 0 Å². The van der Waals surface area contributed by atoms with E-state index in [0.717, 1.165) is 0 Å².